The molecule has 1 aromatic carbocycles. The minimum Gasteiger partial charge on any atom is -0.445 e. The second-order valence-electron chi connectivity index (χ2n) is 5.48. The van der Waals surface area contributed by atoms with Crippen LogP contribution in [0.25, 0.3) is 0 Å². The number of amides is 1. The average Bonchev–Trinajstić information content (AvgIpc) is 2.42. The van der Waals surface area contributed by atoms with Crippen LogP contribution in [-0.4, -0.2) is 17.9 Å². The quantitative estimate of drug-likeness (QED) is 0.869. The molecule has 0 bridgehead atoms. The second-order valence-corrected chi connectivity index (χ2v) is 5.48. The van der Waals surface area contributed by atoms with Gasteiger partial charge in [-0.2, -0.15) is 0 Å². The monoisotopic (exact) mass is 277 g/mol. The highest BCUT2D eigenvalue weighted by molar-refractivity contribution is 5.88. The summed E-state index contributed by atoms with van der Waals surface area (Å²) in [4.78, 5) is 23.8. The Balaban J connectivity index is 2.52. The van der Waals surface area contributed by atoms with Gasteiger partial charge in [-0.25, -0.2) is 4.79 Å². The molecule has 0 radical (unpaired) electrons. The fraction of sp³-hybridized carbons (Fsp3) is 0.500. The van der Waals surface area contributed by atoms with Crippen molar-refractivity contribution in [3.8, 4) is 0 Å². The summed E-state index contributed by atoms with van der Waals surface area (Å²) < 4.78 is 5.14. The number of Topliss-reactive ketones (excluding diaryl/α,β-unsaturated/α-hetero) is 1. The lowest BCUT2D eigenvalue weighted by Crippen LogP contribution is -2.46. The third kappa shape index (κ3) is 5.03. The number of nitrogens with one attached hydrogen (secondary N) is 1. The maximum Gasteiger partial charge on any atom is 0.408 e. The lowest BCUT2D eigenvalue weighted by atomic mass is 9.93. The van der Waals surface area contributed by atoms with E-state index in [4.69, 9.17) is 4.74 Å². The molecule has 0 spiro atoms. The van der Waals surface area contributed by atoms with Crippen molar-refractivity contribution in [3.63, 3.8) is 0 Å². The largest absolute Gasteiger partial charge is 0.445 e. The maximum absolute atomic E-state index is 12.0. The first-order valence-corrected chi connectivity index (χ1v) is 6.92. The molecule has 1 aromatic rings. The Morgan fingerprint density at radius 3 is 2.20 bits per heavy atom. The third-order valence-electron chi connectivity index (χ3n) is 3.03. The van der Waals surface area contributed by atoms with E-state index in [1.54, 1.807) is 0 Å². The van der Waals surface area contributed by atoms with Crippen LogP contribution in [0.2, 0.25) is 0 Å². The van der Waals surface area contributed by atoms with E-state index in [9.17, 15) is 9.59 Å². The van der Waals surface area contributed by atoms with E-state index in [2.05, 4.69) is 5.32 Å². The molecular weight excluding hydrogens is 254 g/mol. The van der Waals surface area contributed by atoms with Crippen molar-refractivity contribution >= 4 is 11.9 Å². The molecule has 0 fully saturated rings. The lowest BCUT2D eigenvalue weighted by Gasteiger charge is -2.22. The highest BCUT2D eigenvalue weighted by Crippen LogP contribution is 2.10. The fourth-order valence-corrected chi connectivity index (χ4v) is 1.82. The van der Waals surface area contributed by atoms with Crippen LogP contribution in [0, 0.1) is 11.8 Å². The van der Waals surface area contributed by atoms with Crippen molar-refractivity contribution in [2.75, 3.05) is 0 Å². The molecule has 1 rings (SSSR count). The van der Waals surface area contributed by atoms with E-state index in [0.29, 0.717) is 0 Å². The van der Waals surface area contributed by atoms with Crippen LogP contribution in [-0.2, 0) is 16.1 Å². The van der Waals surface area contributed by atoms with Crippen molar-refractivity contribution in [1.82, 2.24) is 5.32 Å². The molecule has 0 saturated carbocycles. The Bertz CT molecular complexity index is 440. The van der Waals surface area contributed by atoms with E-state index in [1.165, 1.54) is 0 Å². The van der Waals surface area contributed by atoms with Gasteiger partial charge in [0.05, 0.1) is 6.04 Å². The summed E-state index contributed by atoms with van der Waals surface area (Å²) in [7, 11) is 0. The number of ketones is 1. The minimum atomic E-state index is -0.554. The molecule has 20 heavy (non-hydrogen) atoms. The molecule has 1 amide bonds. The molecule has 110 valence electrons. The van der Waals surface area contributed by atoms with Crippen LogP contribution in [0.3, 0.4) is 0 Å². The van der Waals surface area contributed by atoms with Gasteiger partial charge in [0.1, 0.15) is 6.61 Å². The minimum absolute atomic E-state index is 0.0247. The predicted molar refractivity (Wildman–Crippen MR) is 78.2 cm³/mol. The summed E-state index contributed by atoms with van der Waals surface area (Å²) in [6, 6.07) is 8.93. The van der Waals surface area contributed by atoms with Crippen molar-refractivity contribution < 1.29 is 14.3 Å². The molecular formula is C16H23NO3. The number of benzene rings is 1. The van der Waals surface area contributed by atoms with E-state index in [-0.39, 0.29) is 24.2 Å². The van der Waals surface area contributed by atoms with E-state index < -0.39 is 12.1 Å². The van der Waals surface area contributed by atoms with Crippen LogP contribution in [0.4, 0.5) is 4.79 Å². The van der Waals surface area contributed by atoms with Crippen LogP contribution in [0.5, 0.6) is 0 Å². The standard InChI is InChI=1S/C16H23NO3/c1-11(2)14(15(18)12(3)4)17-16(19)20-10-13-8-6-5-7-9-13/h5-9,11-12,14H,10H2,1-4H3,(H,17,19). The van der Waals surface area contributed by atoms with Gasteiger partial charge in [0.15, 0.2) is 5.78 Å². The Hall–Kier alpha value is -1.84. The van der Waals surface area contributed by atoms with Gasteiger partial charge in [-0.1, -0.05) is 58.0 Å². The molecule has 0 aromatic heterocycles. The molecule has 0 aliphatic rings. The average molecular weight is 277 g/mol. The van der Waals surface area contributed by atoms with Gasteiger partial charge in [0.25, 0.3) is 0 Å². The maximum atomic E-state index is 12.0. The van der Waals surface area contributed by atoms with Crippen molar-refractivity contribution in [3.05, 3.63) is 35.9 Å². The number of alkyl carbamates (subject to hydrolysis) is 1. The fourth-order valence-electron chi connectivity index (χ4n) is 1.82. The first-order chi connectivity index (χ1) is 9.41. The van der Waals surface area contributed by atoms with Gasteiger partial charge in [0.2, 0.25) is 0 Å². The smallest absolute Gasteiger partial charge is 0.408 e. The SMILES string of the molecule is CC(C)C(=O)C(NC(=O)OCc1ccccc1)C(C)C. The van der Waals surface area contributed by atoms with Gasteiger partial charge in [-0.3, -0.25) is 4.79 Å². The normalized spacial score (nSPS) is 12.3. The van der Waals surface area contributed by atoms with Crippen molar-refractivity contribution in [1.29, 1.82) is 0 Å². The second kappa shape index (κ2) is 7.68. The molecule has 0 aliphatic carbocycles. The van der Waals surface area contributed by atoms with E-state index in [1.807, 2.05) is 58.0 Å². The molecule has 1 N–H and O–H groups in total. The van der Waals surface area contributed by atoms with E-state index in [0.717, 1.165) is 5.56 Å². The van der Waals surface area contributed by atoms with Crippen LogP contribution in [0.15, 0.2) is 30.3 Å². The molecule has 1 atom stereocenters. The summed E-state index contributed by atoms with van der Waals surface area (Å²) in [5, 5.41) is 2.66. The van der Waals surface area contributed by atoms with Gasteiger partial charge in [0, 0.05) is 5.92 Å². The topological polar surface area (TPSA) is 55.4 Å². The van der Waals surface area contributed by atoms with Crippen LogP contribution in [0.1, 0.15) is 33.3 Å². The molecule has 0 saturated heterocycles. The van der Waals surface area contributed by atoms with Gasteiger partial charge in [-0.05, 0) is 11.5 Å². The van der Waals surface area contributed by atoms with Crippen molar-refractivity contribution in [2.45, 2.75) is 40.3 Å². The summed E-state index contributed by atoms with van der Waals surface area (Å²) in [6.45, 7) is 7.67. The molecule has 4 nitrogen and oxygen atoms in total. The van der Waals surface area contributed by atoms with E-state index >= 15 is 0 Å². The van der Waals surface area contributed by atoms with Gasteiger partial charge < -0.3 is 10.1 Å². The number of carbonyl (C=O) groups is 2. The summed E-state index contributed by atoms with van der Waals surface area (Å²) >= 11 is 0. The summed E-state index contributed by atoms with van der Waals surface area (Å²) in [5.41, 5.74) is 0.916. The number of carbonyl (C=O) groups excluding carboxylic acids is 2. The Kier molecular flexibility index (Phi) is 6.22. The zero-order valence-electron chi connectivity index (χ0n) is 12.6. The van der Waals surface area contributed by atoms with Crippen LogP contribution >= 0.6 is 0 Å². The third-order valence-corrected chi connectivity index (χ3v) is 3.03. The lowest BCUT2D eigenvalue weighted by molar-refractivity contribution is -0.124. The van der Waals surface area contributed by atoms with Crippen LogP contribution < -0.4 is 5.32 Å². The number of hydrogen-bond donors (Lipinski definition) is 1. The summed E-state index contributed by atoms with van der Waals surface area (Å²) in [6.07, 6.45) is -0.554. The Labute approximate surface area is 120 Å². The number of rotatable bonds is 6. The van der Waals surface area contributed by atoms with Crippen molar-refractivity contribution in [2.24, 2.45) is 11.8 Å². The first kappa shape index (κ1) is 16.2. The Morgan fingerprint density at radius 1 is 1.10 bits per heavy atom. The first-order valence-electron chi connectivity index (χ1n) is 6.92. The Morgan fingerprint density at radius 2 is 1.70 bits per heavy atom. The van der Waals surface area contributed by atoms with Gasteiger partial charge in [-0.15, -0.1) is 0 Å². The molecule has 1 unspecified atom stereocenters. The zero-order chi connectivity index (χ0) is 15.1. The zero-order valence-corrected chi connectivity index (χ0v) is 12.6. The molecule has 0 aliphatic heterocycles. The highest BCUT2D eigenvalue weighted by Gasteiger charge is 2.26. The predicted octanol–water partition coefficient (Wildman–Crippen LogP) is 3.16. The van der Waals surface area contributed by atoms with Gasteiger partial charge >= 0.3 is 6.09 Å². The number of hydrogen-bond acceptors (Lipinski definition) is 3. The molecule has 4 heteroatoms. The number of ether oxygens (including phenoxy) is 1. The molecule has 0 heterocycles. The highest BCUT2D eigenvalue weighted by atomic mass is 16.5. The summed E-state index contributed by atoms with van der Waals surface area (Å²) in [5.74, 6) is -0.0531.